The van der Waals surface area contributed by atoms with Gasteiger partial charge in [-0.3, -0.25) is 9.59 Å². The Labute approximate surface area is 183 Å². The summed E-state index contributed by atoms with van der Waals surface area (Å²) in [4.78, 5) is 29.2. The molecule has 32 heavy (non-hydrogen) atoms. The van der Waals surface area contributed by atoms with E-state index in [2.05, 4.69) is 5.16 Å². The standard InChI is InChI=1S/C25H20F2N2O3/c1-13-4-5-16(22-23(30)25(2,3)32-29-22)12-18(13)15-8-6-14(7-9-15)17-10-11-19(26)20(21(17)27)24(28)31/h4-12H,1-3H3,(H2,28,31). The minimum Gasteiger partial charge on any atom is -0.381 e. The molecule has 0 spiro atoms. The number of nitrogens with two attached hydrogens (primary N) is 1. The summed E-state index contributed by atoms with van der Waals surface area (Å²) in [6, 6.07) is 14.8. The molecule has 0 saturated heterocycles. The molecular formula is C25H20F2N2O3. The van der Waals surface area contributed by atoms with Crippen molar-refractivity contribution in [2.75, 3.05) is 0 Å². The van der Waals surface area contributed by atoms with Crippen LogP contribution in [0.25, 0.3) is 22.3 Å². The Morgan fingerprint density at radius 2 is 1.53 bits per heavy atom. The lowest BCUT2D eigenvalue weighted by atomic mass is 9.91. The van der Waals surface area contributed by atoms with Gasteiger partial charge >= 0.3 is 0 Å². The summed E-state index contributed by atoms with van der Waals surface area (Å²) in [7, 11) is 0. The van der Waals surface area contributed by atoms with Crippen molar-refractivity contribution in [3.8, 4) is 22.3 Å². The van der Waals surface area contributed by atoms with Crippen molar-refractivity contribution in [2.45, 2.75) is 26.4 Å². The van der Waals surface area contributed by atoms with Crippen LogP contribution in [0.1, 0.15) is 35.3 Å². The van der Waals surface area contributed by atoms with Gasteiger partial charge in [-0.05, 0) is 61.2 Å². The molecule has 0 radical (unpaired) electrons. The minimum atomic E-state index is -1.16. The largest absolute Gasteiger partial charge is 0.381 e. The maximum absolute atomic E-state index is 14.7. The van der Waals surface area contributed by atoms with Crippen molar-refractivity contribution in [3.05, 3.63) is 82.9 Å². The number of amides is 1. The summed E-state index contributed by atoms with van der Waals surface area (Å²) < 4.78 is 28.5. The van der Waals surface area contributed by atoms with E-state index in [1.165, 1.54) is 6.07 Å². The van der Waals surface area contributed by atoms with Gasteiger partial charge in [-0.2, -0.15) is 0 Å². The fourth-order valence-corrected chi connectivity index (χ4v) is 3.62. The average molecular weight is 434 g/mol. The van der Waals surface area contributed by atoms with Crippen LogP contribution in [-0.2, 0) is 9.63 Å². The van der Waals surface area contributed by atoms with Crippen LogP contribution < -0.4 is 5.73 Å². The normalized spacial score (nSPS) is 14.8. The Morgan fingerprint density at radius 3 is 2.09 bits per heavy atom. The molecule has 0 aliphatic carbocycles. The number of benzene rings is 3. The maximum atomic E-state index is 14.7. The quantitative estimate of drug-likeness (QED) is 0.641. The van der Waals surface area contributed by atoms with Crippen LogP contribution in [0, 0.1) is 18.6 Å². The number of carbonyl (C=O) groups excluding carboxylic acids is 2. The zero-order valence-corrected chi connectivity index (χ0v) is 17.7. The van der Waals surface area contributed by atoms with Gasteiger partial charge in [0.05, 0.1) is 0 Å². The Balaban J connectivity index is 1.71. The second-order valence-electron chi connectivity index (χ2n) is 8.13. The number of carbonyl (C=O) groups is 2. The van der Waals surface area contributed by atoms with Gasteiger partial charge < -0.3 is 10.6 Å². The SMILES string of the molecule is Cc1ccc(C2=NOC(C)(C)C2=O)cc1-c1ccc(-c2ccc(F)c(C(N)=O)c2F)cc1. The van der Waals surface area contributed by atoms with E-state index in [1.807, 2.05) is 25.1 Å². The number of rotatable bonds is 4. The van der Waals surface area contributed by atoms with Crippen LogP contribution in [0.5, 0.6) is 0 Å². The molecule has 1 amide bonds. The van der Waals surface area contributed by atoms with Crippen LogP contribution in [0.15, 0.2) is 59.8 Å². The summed E-state index contributed by atoms with van der Waals surface area (Å²) in [6.07, 6.45) is 0. The van der Waals surface area contributed by atoms with E-state index in [1.54, 1.807) is 38.1 Å². The number of hydrogen-bond donors (Lipinski definition) is 1. The van der Waals surface area contributed by atoms with Gasteiger partial charge in [0.1, 0.15) is 17.2 Å². The van der Waals surface area contributed by atoms with Crippen LogP contribution >= 0.6 is 0 Å². The number of hydrogen-bond acceptors (Lipinski definition) is 4. The Kier molecular flexibility index (Phi) is 5.12. The lowest BCUT2D eigenvalue weighted by molar-refractivity contribution is -0.128. The molecule has 162 valence electrons. The molecule has 0 saturated carbocycles. The lowest BCUT2D eigenvalue weighted by Crippen LogP contribution is -2.33. The molecular weight excluding hydrogens is 414 g/mol. The molecule has 0 atom stereocenters. The first-order valence-electron chi connectivity index (χ1n) is 9.91. The Hall–Kier alpha value is -3.87. The number of Topliss-reactive ketones (excluding diaryl/α,β-unsaturated/α-hetero) is 1. The average Bonchev–Trinajstić information content (AvgIpc) is 3.01. The molecule has 0 fully saturated rings. The summed E-state index contributed by atoms with van der Waals surface area (Å²) in [5.41, 5.74) is 7.46. The van der Waals surface area contributed by atoms with Crippen molar-refractivity contribution in [1.82, 2.24) is 0 Å². The molecule has 2 N–H and O–H groups in total. The number of nitrogens with zero attached hydrogens (tertiary/aromatic N) is 1. The first-order valence-corrected chi connectivity index (χ1v) is 9.91. The highest BCUT2D eigenvalue weighted by atomic mass is 19.1. The Morgan fingerprint density at radius 1 is 0.938 bits per heavy atom. The summed E-state index contributed by atoms with van der Waals surface area (Å²) in [5, 5.41) is 3.95. The molecule has 0 bridgehead atoms. The molecule has 0 unspecified atom stereocenters. The fourth-order valence-electron chi connectivity index (χ4n) is 3.62. The number of halogens is 2. The molecule has 3 aromatic carbocycles. The number of ketones is 1. The van der Waals surface area contributed by atoms with E-state index in [0.717, 1.165) is 22.8 Å². The maximum Gasteiger partial charge on any atom is 0.254 e. The molecule has 0 aromatic heterocycles. The van der Waals surface area contributed by atoms with Gasteiger partial charge in [-0.1, -0.05) is 41.6 Å². The van der Waals surface area contributed by atoms with E-state index >= 15 is 0 Å². The second kappa shape index (κ2) is 7.67. The van der Waals surface area contributed by atoms with Gasteiger partial charge in [0.25, 0.3) is 5.91 Å². The third-order valence-electron chi connectivity index (χ3n) is 5.48. The van der Waals surface area contributed by atoms with E-state index < -0.39 is 28.7 Å². The summed E-state index contributed by atoms with van der Waals surface area (Å²) in [5.74, 6) is -3.36. The van der Waals surface area contributed by atoms with Crippen LogP contribution in [-0.4, -0.2) is 23.0 Å². The topological polar surface area (TPSA) is 81.8 Å². The zero-order valence-electron chi connectivity index (χ0n) is 17.7. The minimum absolute atomic E-state index is 0.0718. The Bertz CT molecular complexity index is 1300. The van der Waals surface area contributed by atoms with E-state index in [-0.39, 0.29) is 17.1 Å². The van der Waals surface area contributed by atoms with Gasteiger partial charge in [-0.15, -0.1) is 0 Å². The number of primary amides is 1. The van der Waals surface area contributed by atoms with Crippen LogP contribution in [0.2, 0.25) is 0 Å². The molecule has 1 aliphatic heterocycles. The predicted molar refractivity (Wildman–Crippen MR) is 117 cm³/mol. The first-order chi connectivity index (χ1) is 15.1. The highest BCUT2D eigenvalue weighted by molar-refractivity contribution is 6.49. The van der Waals surface area contributed by atoms with E-state index in [4.69, 9.17) is 10.6 Å². The smallest absolute Gasteiger partial charge is 0.254 e. The first kappa shape index (κ1) is 21.4. The summed E-state index contributed by atoms with van der Waals surface area (Å²) >= 11 is 0. The molecule has 7 heteroatoms. The third kappa shape index (κ3) is 3.56. The van der Waals surface area contributed by atoms with Crippen LogP contribution in [0.3, 0.4) is 0 Å². The second-order valence-corrected chi connectivity index (χ2v) is 8.13. The van der Waals surface area contributed by atoms with Crippen LogP contribution in [0.4, 0.5) is 8.78 Å². The fraction of sp³-hybridized carbons (Fsp3) is 0.160. The third-order valence-corrected chi connectivity index (χ3v) is 5.48. The van der Waals surface area contributed by atoms with Crippen molar-refractivity contribution >= 4 is 17.4 Å². The van der Waals surface area contributed by atoms with E-state index in [0.29, 0.717) is 11.1 Å². The van der Waals surface area contributed by atoms with Gasteiger partial charge in [0, 0.05) is 11.1 Å². The zero-order chi connectivity index (χ0) is 23.2. The summed E-state index contributed by atoms with van der Waals surface area (Å²) in [6.45, 7) is 5.26. The molecule has 3 aromatic rings. The van der Waals surface area contributed by atoms with Gasteiger partial charge in [0.15, 0.2) is 11.3 Å². The molecule has 4 rings (SSSR count). The van der Waals surface area contributed by atoms with Crippen molar-refractivity contribution in [3.63, 3.8) is 0 Å². The lowest BCUT2D eigenvalue weighted by Gasteiger charge is -2.13. The highest BCUT2D eigenvalue weighted by Gasteiger charge is 2.40. The predicted octanol–water partition coefficient (Wildman–Crippen LogP) is 4.79. The van der Waals surface area contributed by atoms with Crippen molar-refractivity contribution in [2.24, 2.45) is 10.9 Å². The molecule has 1 aliphatic rings. The number of oxime groups is 1. The van der Waals surface area contributed by atoms with Gasteiger partial charge in [0.2, 0.25) is 5.78 Å². The number of aryl methyl sites for hydroxylation is 1. The van der Waals surface area contributed by atoms with Crippen molar-refractivity contribution in [1.29, 1.82) is 0 Å². The highest BCUT2D eigenvalue weighted by Crippen LogP contribution is 2.32. The van der Waals surface area contributed by atoms with Gasteiger partial charge in [-0.25, -0.2) is 8.78 Å². The molecule has 1 heterocycles. The van der Waals surface area contributed by atoms with Crippen molar-refractivity contribution < 1.29 is 23.2 Å². The monoisotopic (exact) mass is 434 g/mol. The van der Waals surface area contributed by atoms with E-state index in [9.17, 15) is 18.4 Å². The molecule has 5 nitrogen and oxygen atoms in total.